The van der Waals surface area contributed by atoms with E-state index in [0.717, 1.165) is 23.6 Å². The van der Waals surface area contributed by atoms with Gasteiger partial charge in [-0.2, -0.15) is 15.6 Å². The third kappa shape index (κ3) is 2.13. The van der Waals surface area contributed by atoms with E-state index in [1.165, 1.54) is 0 Å². The van der Waals surface area contributed by atoms with Crippen LogP contribution in [0.2, 0.25) is 0 Å². The molecule has 2 heterocycles. The highest BCUT2D eigenvalue weighted by molar-refractivity contribution is 5.86. The number of nitrogens with one attached hydrogen (secondary N) is 1. The normalized spacial score (nSPS) is 10.9. The van der Waals surface area contributed by atoms with Crippen LogP contribution in [0.4, 0.5) is 8.78 Å². The van der Waals surface area contributed by atoms with Crippen molar-refractivity contribution in [3.8, 4) is 23.0 Å². The van der Waals surface area contributed by atoms with Crippen molar-refractivity contribution in [2.24, 2.45) is 0 Å². The molecule has 0 aliphatic heterocycles. The quantitative estimate of drug-likeness (QED) is 0.613. The number of rotatable bonds is 2. The van der Waals surface area contributed by atoms with E-state index in [2.05, 4.69) is 15.4 Å². The number of aromatic nitrogens is 4. The van der Waals surface area contributed by atoms with E-state index in [9.17, 15) is 8.78 Å². The number of hydrogen-bond donors (Lipinski definition) is 1. The Labute approximate surface area is 134 Å². The first-order valence-electron chi connectivity index (χ1n) is 7.05. The lowest BCUT2D eigenvalue weighted by atomic mass is 10.1. The molecule has 4 rings (SSSR count). The van der Waals surface area contributed by atoms with Crippen molar-refractivity contribution in [1.29, 1.82) is 5.26 Å². The third-order valence-electron chi connectivity index (χ3n) is 3.79. The van der Waals surface area contributed by atoms with Gasteiger partial charge < -0.3 is 4.57 Å². The number of aromatic amines is 1. The Morgan fingerprint density at radius 3 is 2.75 bits per heavy atom. The van der Waals surface area contributed by atoms with Crippen LogP contribution in [-0.2, 0) is 0 Å². The van der Waals surface area contributed by atoms with Crippen LogP contribution in [0.15, 0.2) is 48.7 Å². The predicted molar refractivity (Wildman–Crippen MR) is 83.3 cm³/mol. The molecule has 0 aliphatic rings. The molecule has 24 heavy (non-hydrogen) atoms. The number of benzene rings is 2. The van der Waals surface area contributed by atoms with Gasteiger partial charge in [0.1, 0.15) is 23.4 Å². The standard InChI is InChI=1S/C17H9F2N5/c18-12-3-4-13(19)16(8-12)24-6-5-10-1-2-11(7-15(10)24)17-14(9-20)21-23-22-17/h1-8H,(H,21,22,23). The topological polar surface area (TPSA) is 70.3 Å². The third-order valence-corrected chi connectivity index (χ3v) is 3.79. The van der Waals surface area contributed by atoms with E-state index >= 15 is 0 Å². The summed E-state index contributed by atoms with van der Waals surface area (Å²) in [5.41, 5.74) is 2.02. The van der Waals surface area contributed by atoms with Crippen LogP contribution < -0.4 is 0 Å². The van der Waals surface area contributed by atoms with Crippen molar-refractivity contribution in [3.05, 3.63) is 66.0 Å². The number of nitriles is 1. The Morgan fingerprint density at radius 1 is 1.04 bits per heavy atom. The zero-order valence-corrected chi connectivity index (χ0v) is 12.2. The van der Waals surface area contributed by atoms with Crippen LogP contribution in [0.5, 0.6) is 0 Å². The second-order valence-electron chi connectivity index (χ2n) is 5.19. The van der Waals surface area contributed by atoms with Crippen LogP contribution in [0, 0.1) is 23.0 Å². The first-order chi connectivity index (χ1) is 11.7. The molecule has 0 saturated carbocycles. The van der Waals surface area contributed by atoms with Gasteiger partial charge in [0.25, 0.3) is 0 Å². The van der Waals surface area contributed by atoms with Gasteiger partial charge in [0.15, 0.2) is 5.69 Å². The number of halogens is 2. The van der Waals surface area contributed by atoms with Gasteiger partial charge in [-0.25, -0.2) is 8.78 Å². The molecule has 2 aromatic carbocycles. The molecule has 1 N–H and O–H groups in total. The van der Waals surface area contributed by atoms with E-state index in [1.807, 2.05) is 12.1 Å². The van der Waals surface area contributed by atoms with Crippen molar-refractivity contribution in [2.75, 3.05) is 0 Å². The monoisotopic (exact) mass is 321 g/mol. The fraction of sp³-hybridized carbons (Fsp3) is 0. The fourth-order valence-electron chi connectivity index (χ4n) is 2.67. The number of H-pyrrole nitrogens is 1. The number of nitrogens with zero attached hydrogens (tertiary/aromatic N) is 4. The summed E-state index contributed by atoms with van der Waals surface area (Å²) >= 11 is 0. The second kappa shape index (κ2) is 5.28. The average molecular weight is 321 g/mol. The molecule has 7 heteroatoms. The van der Waals surface area contributed by atoms with Crippen LogP contribution in [0.3, 0.4) is 0 Å². The van der Waals surface area contributed by atoms with Gasteiger partial charge in [-0.05, 0) is 29.7 Å². The molecule has 0 radical (unpaired) electrons. The largest absolute Gasteiger partial charge is 0.314 e. The summed E-state index contributed by atoms with van der Waals surface area (Å²) in [6.45, 7) is 0. The van der Waals surface area contributed by atoms with Gasteiger partial charge in [0.05, 0.1) is 11.2 Å². The van der Waals surface area contributed by atoms with Gasteiger partial charge in [-0.3, -0.25) is 0 Å². The summed E-state index contributed by atoms with van der Waals surface area (Å²) in [5, 5.41) is 20.1. The van der Waals surface area contributed by atoms with E-state index in [1.54, 1.807) is 29.0 Å². The fourth-order valence-corrected chi connectivity index (χ4v) is 2.67. The minimum Gasteiger partial charge on any atom is -0.314 e. The van der Waals surface area contributed by atoms with Gasteiger partial charge in [-0.1, -0.05) is 12.1 Å². The van der Waals surface area contributed by atoms with Gasteiger partial charge >= 0.3 is 0 Å². The molecular weight excluding hydrogens is 312 g/mol. The Hall–Kier alpha value is -3.53. The molecule has 0 fully saturated rings. The average Bonchev–Trinajstić information content (AvgIpc) is 3.22. The summed E-state index contributed by atoms with van der Waals surface area (Å²) in [7, 11) is 0. The Morgan fingerprint density at radius 2 is 1.92 bits per heavy atom. The lowest BCUT2D eigenvalue weighted by Crippen LogP contribution is -1.97. The van der Waals surface area contributed by atoms with Crippen molar-refractivity contribution in [3.63, 3.8) is 0 Å². The molecular formula is C17H9F2N5. The molecule has 116 valence electrons. The van der Waals surface area contributed by atoms with Crippen LogP contribution in [0.1, 0.15) is 5.69 Å². The van der Waals surface area contributed by atoms with Gasteiger partial charge in [-0.15, -0.1) is 5.10 Å². The smallest absolute Gasteiger partial charge is 0.190 e. The molecule has 0 aliphatic carbocycles. The maximum absolute atomic E-state index is 14.1. The zero-order chi connectivity index (χ0) is 16.7. The van der Waals surface area contributed by atoms with E-state index in [0.29, 0.717) is 16.8 Å². The molecule has 4 aromatic rings. The van der Waals surface area contributed by atoms with Crippen molar-refractivity contribution in [1.82, 2.24) is 20.0 Å². The van der Waals surface area contributed by atoms with Crippen molar-refractivity contribution < 1.29 is 8.78 Å². The molecule has 0 bridgehead atoms. The summed E-state index contributed by atoms with van der Waals surface area (Å²) in [6, 6.07) is 12.4. The lowest BCUT2D eigenvalue weighted by Gasteiger charge is -2.08. The Kier molecular flexibility index (Phi) is 3.10. The molecule has 2 aromatic heterocycles. The van der Waals surface area contributed by atoms with E-state index < -0.39 is 11.6 Å². The number of hydrogen-bond acceptors (Lipinski definition) is 3. The molecule has 0 spiro atoms. The van der Waals surface area contributed by atoms with Gasteiger partial charge in [0.2, 0.25) is 0 Å². The second-order valence-corrected chi connectivity index (χ2v) is 5.19. The van der Waals surface area contributed by atoms with Crippen molar-refractivity contribution in [2.45, 2.75) is 0 Å². The molecule has 5 nitrogen and oxygen atoms in total. The molecule has 0 amide bonds. The highest BCUT2D eigenvalue weighted by Crippen LogP contribution is 2.28. The Bertz CT molecular complexity index is 1100. The van der Waals surface area contributed by atoms with Gasteiger partial charge in [0, 0.05) is 17.8 Å². The minimum absolute atomic E-state index is 0.114. The summed E-state index contributed by atoms with van der Waals surface area (Å²) < 4.78 is 29.2. The number of fused-ring (bicyclic) bond motifs is 1. The summed E-state index contributed by atoms with van der Waals surface area (Å²) in [6.07, 6.45) is 1.67. The Balaban J connectivity index is 1.94. The maximum atomic E-state index is 14.1. The predicted octanol–water partition coefficient (Wildman–Crippen LogP) is 3.57. The molecule has 0 unspecified atom stereocenters. The molecule has 0 atom stereocenters. The van der Waals surface area contributed by atoms with Crippen molar-refractivity contribution >= 4 is 10.9 Å². The summed E-state index contributed by atoms with van der Waals surface area (Å²) in [4.78, 5) is 0. The molecule has 0 saturated heterocycles. The highest BCUT2D eigenvalue weighted by Gasteiger charge is 2.13. The first-order valence-corrected chi connectivity index (χ1v) is 7.05. The first kappa shape index (κ1) is 14.1. The highest BCUT2D eigenvalue weighted by atomic mass is 19.1. The van der Waals surface area contributed by atoms with Crippen LogP contribution >= 0.6 is 0 Å². The minimum atomic E-state index is -0.529. The SMILES string of the molecule is N#Cc1n[nH]nc1-c1ccc2ccn(-c3cc(F)ccc3F)c2c1. The lowest BCUT2D eigenvalue weighted by molar-refractivity contribution is 0.594. The van der Waals surface area contributed by atoms with Crippen LogP contribution in [-0.4, -0.2) is 20.0 Å². The maximum Gasteiger partial charge on any atom is 0.190 e. The van der Waals surface area contributed by atoms with E-state index in [-0.39, 0.29) is 11.4 Å². The summed E-state index contributed by atoms with van der Waals surface area (Å²) in [5.74, 6) is -1.05. The van der Waals surface area contributed by atoms with E-state index in [4.69, 9.17) is 5.26 Å². The zero-order valence-electron chi connectivity index (χ0n) is 12.2. The van der Waals surface area contributed by atoms with Crippen LogP contribution in [0.25, 0.3) is 27.8 Å².